The topological polar surface area (TPSA) is 28.5 Å². The van der Waals surface area contributed by atoms with Crippen LogP contribution in [0, 0.1) is 0 Å². The van der Waals surface area contributed by atoms with E-state index < -0.39 is 0 Å². The molecule has 0 bridgehead atoms. The highest BCUT2D eigenvalue weighted by atomic mass is 35.5. The normalized spacial score (nSPS) is 15.1. The summed E-state index contributed by atoms with van der Waals surface area (Å²) in [6.45, 7) is 2.78. The highest BCUT2D eigenvalue weighted by Gasteiger charge is 2.36. The second kappa shape index (κ2) is 9.50. The third kappa shape index (κ3) is 4.25. The van der Waals surface area contributed by atoms with Crippen molar-refractivity contribution < 1.29 is 4.79 Å². The van der Waals surface area contributed by atoms with E-state index in [2.05, 4.69) is 35.9 Å². The van der Waals surface area contributed by atoms with Crippen molar-refractivity contribution in [2.24, 2.45) is 0 Å². The molecule has 0 atom stereocenters. The Hall–Kier alpha value is -3.12. The van der Waals surface area contributed by atoms with Crippen LogP contribution in [0.2, 0.25) is 10.0 Å². The number of hydrogen-bond donors (Lipinski definition) is 0. The predicted molar refractivity (Wildman–Crippen MR) is 149 cm³/mol. The van der Waals surface area contributed by atoms with Gasteiger partial charge in [0, 0.05) is 30.7 Å². The zero-order chi connectivity index (χ0) is 24.7. The lowest BCUT2D eigenvalue weighted by Gasteiger charge is -2.16. The molecular formula is C28H23Cl2N3OS. The molecule has 3 aromatic carbocycles. The molecule has 0 saturated carbocycles. The summed E-state index contributed by atoms with van der Waals surface area (Å²) in [5.41, 5.74) is 5.68. The molecule has 1 saturated heterocycles. The van der Waals surface area contributed by atoms with Crippen molar-refractivity contribution in [3.05, 3.63) is 105 Å². The van der Waals surface area contributed by atoms with E-state index in [1.165, 1.54) is 5.56 Å². The van der Waals surface area contributed by atoms with Gasteiger partial charge in [-0.3, -0.25) is 9.69 Å². The second-order valence-electron chi connectivity index (χ2n) is 8.47. The number of aryl methyl sites for hydroxylation is 1. The van der Waals surface area contributed by atoms with Gasteiger partial charge in [0.1, 0.15) is 5.70 Å². The molecule has 0 N–H and O–H groups in total. The molecule has 35 heavy (non-hydrogen) atoms. The number of hydrogen-bond acceptors (Lipinski definition) is 2. The van der Waals surface area contributed by atoms with Crippen LogP contribution >= 0.6 is 35.4 Å². The van der Waals surface area contributed by atoms with Crippen molar-refractivity contribution >= 4 is 69.1 Å². The minimum absolute atomic E-state index is 0.138. The molecule has 1 aliphatic heterocycles. The average Bonchev–Trinajstić information content (AvgIpc) is 3.31. The van der Waals surface area contributed by atoms with Crippen LogP contribution in [0.5, 0.6) is 0 Å². The number of benzene rings is 3. The van der Waals surface area contributed by atoms with E-state index in [0.717, 1.165) is 34.1 Å². The van der Waals surface area contributed by atoms with Gasteiger partial charge in [0.15, 0.2) is 5.11 Å². The Morgan fingerprint density at radius 1 is 0.971 bits per heavy atom. The van der Waals surface area contributed by atoms with Crippen LogP contribution < -0.4 is 4.90 Å². The second-order valence-corrected chi connectivity index (χ2v) is 9.65. The minimum Gasteiger partial charge on any atom is -0.342 e. The molecule has 0 radical (unpaired) electrons. The van der Waals surface area contributed by atoms with Crippen LogP contribution in [0.1, 0.15) is 23.6 Å². The van der Waals surface area contributed by atoms with E-state index in [1.54, 1.807) is 9.80 Å². The lowest BCUT2D eigenvalue weighted by atomic mass is 10.1. The number of amides is 1. The Bertz CT molecular complexity index is 1490. The summed E-state index contributed by atoms with van der Waals surface area (Å²) in [4.78, 5) is 16.8. The molecule has 0 aliphatic carbocycles. The summed E-state index contributed by atoms with van der Waals surface area (Å²) in [6.07, 6.45) is 4.92. The zero-order valence-corrected chi connectivity index (χ0v) is 21.7. The molecule has 4 nitrogen and oxygen atoms in total. The summed E-state index contributed by atoms with van der Waals surface area (Å²) in [5.74, 6) is -0.138. The van der Waals surface area contributed by atoms with Gasteiger partial charge in [-0.25, -0.2) is 0 Å². The smallest absolute Gasteiger partial charge is 0.281 e. The van der Waals surface area contributed by atoms with Crippen molar-refractivity contribution in [2.75, 3.05) is 11.9 Å². The van der Waals surface area contributed by atoms with E-state index in [1.807, 2.05) is 61.7 Å². The molecular weight excluding hydrogens is 497 g/mol. The molecule has 1 fully saturated rings. The molecule has 1 amide bonds. The molecule has 1 aliphatic rings. The third-order valence-electron chi connectivity index (χ3n) is 6.30. The molecule has 2 heterocycles. The molecule has 7 heteroatoms. The number of thiocarbonyl (C=S) groups is 1. The monoisotopic (exact) mass is 519 g/mol. The maximum Gasteiger partial charge on any atom is 0.281 e. The van der Waals surface area contributed by atoms with Crippen molar-refractivity contribution in [1.29, 1.82) is 0 Å². The Morgan fingerprint density at radius 2 is 1.74 bits per heavy atom. The standard InChI is InChI=1S/C28H23Cl2N3OS/c1-3-19-8-7-11-22-20(17-32(26(19)22)16-18-12-13-23(29)24(30)14-18)15-25-27(34)33(28(35)31(25)2)21-9-5-4-6-10-21/h4-15,17H,3,16H2,1-2H3/b25-15-. The number of likely N-dealkylation sites (N-methyl/N-ethyl adjacent to an activating group) is 1. The van der Waals surface area contributed by atoms with Gasteiger partial charge in [0.2, 0.25) is 0 Å². The van der Waals surface area contributed by atoms with Crippen LogP contribution in [-0.2, 0) is 17.8 Å². The summed E-state index contributed by atoms with van der Waals surface area (Å²) >= 11 is 18.0. The summed E-state index contributed by atoms with van der Waals surface area (Å²) in [7, 11) is 1.83. The number of anilines is 1. The van der Waals surface area contributed by atoms with Gasteiger partial charge in [-0.15, -0.1) is 0 Å². The number of para-hydroxylation sites is 2. The SMILES string of the molecule is CCc1cccc2c(/C=C3/C(=O)N(c4ccccc4)C(=S)N3C)cn(Cc3ccc(Cl)c(Cl)c3)c12. The maximum absolute atomic E-state index is 13.5. The number of fused-ring (bicyclic) bond motifs is 1. The highest BCUT2D eigenvalue weighted by molar-refractivity contribution is 7.80. The van der Waals surface area contributed by atoms with Crippen LogP contribution in [0.3, 0.4) is 0 Å². The van der Waals surface area contributed by atoms with E-state index >= 15 is 0 Å². The first-order valence-corrected chi connectivity index (χ1v) is 12.5. The van der Waals surface area contributed by atoms with Gasteiger partial charge >= 0.3 is 0 Å². The molecule has 1 aromatic heterocycles. The van der Waals surface area contributed by atoms with Gasteiger partial charge in [-0.05, 0) is 60.1 Å². The van der Waals surface area contributed by atoms with Gasteiger partial charge < -0.3 is 9.47 Å². The Balaban J connectivity index is 1.61. The van der Waals surface area contributed by atoms with Crippen molar-refractivity contribution in [1.82, 2.24) is 9.47 Å². The molecule has 0 spiro atoms. The van der Waals surface area contributed by atoms with Gasteiger partial charge in [0.05, 0.1) is 21.2 Å². The summed E-state index contributed by atoms with van der Waals surface area (Å²) < 4.78 is 2.22. The van der Waals surface area contributed by atoms with E-state index in [0.29, 0.717) is 27.4 Å². The maximum atomic E-state index is 13.5. The van der Waals surface area contributed by atoms with Gasteiger partial charge in [0.25, 0.3) is 5.91 Å². The minimum atomic E-state index is -0.138. The van der Waals surface area contributed by atoms with Crippen LogP contribution in [0.15, 0.2) is 78.6 Å². The van der Waals surface area contributed by atoms with Crippen molar-refractivity contribution in [3.63, 3.8) is 0 Å². The van der Waals surface area contributed by atoms with Crippen LogP contribution in [0.25, 0.3) is 17.0 Å². The zero-order valence-electron chi connectivity index (χ0n) is 19.3. The van der Waals surface area contributed by atoms with Crippen molar-refractivity contribution in [3.8, 4) is 0 Å². The number of nitrogens with zero attached hydrogens (tertiary/aromatic N) is 3. The van der Waals surface area contributed by atoms with Gasteiger partial charge in [-0.1, -0.05) is 72.6 Å². The largest absolute Gasteiger partial charge is 0.342 e. The van der Waals surface area contributed by atoms with E-state index in [4.69, 9.17) is 35.4 Å². The molecule has 4 aromatic rings. The van der Waals surface area contributed by atoms with E-state index in [9.17, 15) is 4.79 Å². The predicted octanol–water partition coefficient (Wildman–Crippen LogP) is 7.16. The number of carbonyl (C=O) groups excluding carboxylic acids is 1. The van der Waals surface area contributed by atoms with Crippen LogP contribution in [0.4, 0.5) is 5.69 Å². The Kier molecular flexibility index (Phi) is 6.41. The lowest BCUT2D eigenvalue weighted by Crippen LogP contribution is -2.30. The summed E-state index contributed by atoms with van der Waals surface area (Å²) in [6, 6.07) is 21.5. The highest BCUT2D eigenvalue weighted by Crippen LogP contribution is 2.32. The van der Waals surface area contributed by atoms with E-state index in [-0.39, 0.29) is 5.91 Å². The van der Waals surface area contributed by atoms with Gasteiger partial charge in [-0.2, -0.15) is 0 Å². The first kappa shape index (κ1) is 23.6. The Labute approximate surface area is 220 Å². The number of halogens is 2. The average molecular weight is 520 g/mol. The first-order chi connectivity index (χ1) is 16.9. The molecule has 5 rings (SSSR count). The fraction of sp³-hybridized carbons (Fsp3) is 0.143. The quantitative estimate of drug-likeness (QED) is 0.207. The number of rotatable bonds is 5. The Morgan fingerprint density at radius 3 is 2.46 bits per heavy atom. The fourth-order valence-electron chi connectivity index (χ4n) is 4.53. The molecule has 0 unspecified atom stereocenters. The molecule has 176 valence electrons. The number of aromatic nitrogens is 1. The summed E-state index contributed by atoms with van der Waals surface area (Å²) in [5, 5.41) is 2.61. The lowest BCUT2D eigenvalue weighted by molar-refractivity contribution is -0.114. The first-order valence-electron chi connectivity index (χ1n) is 11.3. The number of carbonyl (C=O) groups is 1. The third-order valence-corrected chi connectivity index (χ3v) is 7.49. The fourth-order valence-corrected chi connectivity index (χ4v) is 5.14. The van der Waals surface area contributed by atoms with Crippen molar-refractivity contribution in [2.45, 2.75) is 19.9 Å². The van der Waals surface area contributed by atoms with Crippen LogP contribution in [-0.4, -0.2) is 27.5 Å².